The summed E-state index contributed by atoms with van der Waals surface area (Å²) in [6, 6.07) is 6.89. The summed E-state index contributed by atoms with van der Waals surface area (Å²) in [4.78, 5) is 17.0. The maximum Gasteiger partial charge on any atom is 0.321 e. The molecular weight excluding hydrogens is 286 g/mol. The predicted octanol–water partition coefficient (Wildman–Crippen LogP) is 3.79. The molecule has 1 aromatic carbocycles. The molecule has 1 heterocycles. The van der Waals surface area contributed by atoms with Gasteiger partial charge in [0.15, 0.2) is 0 Å². The first-order valence-corrected chi connectivity index (χ1v) is 9.01. The Balaban J connectivity index is 1.50. The lowest BCUT2D eigenvalue weighted by atomic mass is 9.94. The minimum Gasteiger partial charge on any atom is -0.322 e. The number of hydrogen-bond donors (Lipinski definition) is 1. The van der Waals surface area contributed by atoms with Crippen LogP contribution in [0.2, 0.25) is 0 Å². The van der Waals surface area contributed by atoms with Gasteiger partial charge in [0.05, 0.1) is 0 Å². The number of rotatable bonds is 2. The fourth-order valence-corrected chi connectivity index (χ4v) is 3.76. The topological polar surface area (TPSA) is 35.6 Å². The van der Waals surface area contributed by atoms with Crippen LogP contribution in [0.1, 0.15) is 43.2 Å². The molecular formula is C19H29N3O. The summed E-state index contributed by atoms with van der Waals surface area (Å²) in [5.74, 6) is 0. The fraction of sp³-hybridized carbons (Fsp3) is 0.632. The zero-order valence-electron chi connectivity index (χ0n) is 14.5. The van der Waals surface area contributed by atoms with Gasteiger partial charge in [-0.15, -0.1) is 0 Å². The van der Waals surface area contributed by atoms with Gasteiger partial charge in [-0.25, -0.2) is 4.79 Å². The number of piperazine rings is 1. The second-order valence-electron chi connectivity index (χ2n) is 7.04. The summed E-state index contributed by atoms with van der Waals surface area (Å²) in [7, 11) is 0. The summed E-state index contributed by atoms with van der Waals surface area (Å²) in [5.41, 5.74) is 3.36. The van der Waals surface area contributed by atoms with Crippen molar-refractivity contribution >= 4 is 11.7 Å². The van der Waals surface area contributed by atoms with Gasteiger partial charge in [-0.2, -0.15) is 0 Å². The van der Waals surface area contributed by atoms with Crippen LogP contribution in [0, 0.1) is 13.8 Å². The van der Waals surface area contributed by atoms with Gasteiger partial charge in [0.25, 0.3) is 0 Å². The van der Waals surface area contributed by atoms with Gasteiger partial charge in [0.1, 0.15) is 0 Å². The molecule has 0 spiro atoms. The second-order valence-corrected chi connectivity index (χ2v) is 7.04. The molecule has 1 saturated carbocycles. The van der Waals surface area contributed by atoms with Crippen molar-refractivity contribution in [2.45, 2.75) is 52.0 Å². The SMILES string of the molecule is Cc1ccc(NC(=O)N2CCN(C3CCCCC3)CC2)cc1C. The number of nitrogens with zero attached hydrogens (tertiary/aromatic N) is 2. The van der Waals surface area contributed by atoms with E-state index in [1.54, 1.807) is 0 Å². The molecule has 2 amide bonds. The number of hydrogen-bond acceptors (Lipinski definition) is 2. The van der Waals surface area contributed by atoms with E-state index in [0.29, 0.717) is 0 Å². The zero-order valence-corrected chi connectivity index (χ0v) is 14.5. The molecule has 1 aliphatic carbocycles. The van der Waals surface area contributed by atoms with Gasteiger partial charge < -0.3 is 10.2 Å². The number of aryl methyl sites for hydroxylation is 2. The maximum absolute atomic E-state index is 12.4. The van der Waals surface area contributed by atoms with E-state index in [0.717, 1.165) is 37.9 Å². The third kappa shape index (κ3) is 4.05. The van der Waals surface area contributed by atoms with Crippen LogP contribution in [-0.4, -0.2) is 48.1 Å². The van der Waals surface area contributed by atoms with Crippen molar-refractivity contribution in [1.29, 1.82) is 0 Å². The van der Waals surface area contributed by atoms with Crippen LogP contribution < -0.4 is 5.32 Å². The first kappa shape index (κ1) is 16.3. The van der Waals surface area contributed by atoms with Gasteiger partial charge in [-0.3, -0.25) is 4.90 Å². The van der Waals surface area contributed by atoms with Crippen LogP contribution in [0.25, 0.3) is 0 Å². The summed E-state index contributed by atoms with van der Waals surface area (Å²) in [5, 5.41) is 3.04. The quantitative estimate of drug-likeness (QED) is 0.901. The van der Waals surface area contributed by atoms with E-state index in [-0.39, 0.29) is 6.03 Å². The maximum atomic E-state index is 12.4. The van der Waals surface area contributed by atoms with Gasteiger partial charge in [0, 0.05) is 37.9 Å². The normalized spacial score (nSPS) is 20.5. The van der Waals surface area contributed by atoms with Gasteiger partial charge in [-0.1, -0.05) is 25.3 Å². The van der Waals surface area contributed by atoms with Crippen molar-refractivity contribution in [2.75, 3.05) is 31.5 Å². The van der Waals surface area contributed by atoms with Gasteiger partial charge >= 0.3 is 6.03 Å². The van der Waals surface area contributed by atoms with Crippen molar-refractivity contribution < 1.29 is 4.79 Å². The molecule has 23 heavy (non-hydrogen) atoms. The smallest absolute Gasteiger partial charge is 0.321 e. The van der Waals surface area contributed by atoms with E-state index in [1.807, 2.05) is 17.0 Å². The van der Waals surface area contributed by atoms with E-state index >= 15 is 0 Å². The fourth-order valence-electron chi connectivity index (χ4n) is 3.76. The van der Waals surface area contributed by atoms with Crippen LogP contribution in [0.3, 0.4) is 0 Å². The van der Waals surface area contributed by atoms with Crippen molar-refractivity contribution in [3.8, 4) is 0 Å². The second kappa shape index (κ2) is 7.35. The molecule has 4 heteroatoms. The Morgan fingerprint density at radius 3 is 2.35 bits per heavy atom. The molecule has 126 valence electrons. The average molecular weight is 315 g/mol. The highest BCUT2D eigenvalue weighted by Gasteiger charge is 2.26. The predicted molar refractivity (Wildman–Crippen MR) is 95.0 cm³/mol. The van der Waals surface area contributed by atoms with Gasteiger partial charge in [0.2, 0.25) is 0 Å². The highest BCUT2D eigenvalue weighted by atomic mass is 16.2. The van der Waals surface area contributed by atoms with E-state index in [4.69, 9.17) is 0 Å². The summed E-state index contributed by atoms with van der Waals surface area (Å²) in [6.45, 7) is 7.88. The number of benzene rings is 1. The largest absolute Gasteiger partial charge is 0.322 e. The molecule has 0 radical (unpaired) electrons. The lowest BCUT2D eigenvalue weighted by Gasteiger charge is -2.40. The van der Waals surface area contributed by atoms with Crippen LogP contribution >= 0.6 is 0 Å². The highest BCUT2D eigenvalue weighted by molar-refractivity contribution is 5.89. The monoisotopic (exact) mass is 315 g/mol. The molecule has 1 N–H and O–H groups in total. The molecule has 4 nitrogen and oxygen atoms in total. The number of amides is 2. The average Bonchev–Trinajstić information content (AvgIpc) is 2.59. The number of nitrogens with one attached hydrogen (secondary N) is 1. The third-order valence-electron chi connectivity index (χ3n) is 5.45. The minimum atomic E-state index is 0.0385. The molecule has 0 bridgehead atoms. The number of urea groups is 1. The van der Waals surface area contributed by atoms with E-state index in [2.05, 4.69) is 30.1 Å². The molecule has 2 fully saturated rings. The standard InChI is InChI=1S/C19H29N3O/c1-15-8-9-17(14-16(15)2)20-19(23)22-12-10-21(11-13-22)18-6-4-3-5-7-18/h8-9,14,18H,3-7,10-13H2,1-2H3,(H,20,23). The van der Waals surface area contributed by atoms with Crippen LogP contribution in [-0.2, 0) is 0 Å². The Bertz CT molecular complexity index is 544. The molecule has 1 saturated heterocycles. The van der Waals surface area contributed by atoms with E-state index in [1.165, 1.54) is 43.2 Å². The van der Waals surface area contributed by atoms with Crippen molar-refractivity contribution in [1.82, 2.24) is 9.80 Å². The molecule has 1 aromatic rings. The summed E-state index contributed by atoms with van der Waals surface area (Å²) >= 11 is 0. The number of anilines is 1. The third-order valence-corrected chi connectivity index (χ3v) is 5.45. The van der Waals surface area contributed by atoms with Crippen LogP contribution in [0.5, 0.6) is 0 Å². The van der Waals surface area contributed by atoms with E-state index in [9.17, 15) is 4.79 Å². The lowest BCUT2D eigenvalue weighted by Crippen LogP contribution is -2.53. The first-order chi connectivity index (χ1) is 11.1. The minimum absolute atomic E-state index is 0.0385. The number of carbonyl (C=O) groups is 1. The van der Waals surface area contributed by atoms with E-state index < -0.39 is 0 Å². The Morgan fingerprint density at radius 1 is 1.00 bits per heavy atom. The summed E-state index contributed by atoms with van der Waals surface area (Å²) in [6.07, 6.45) is 6.83. The van der Waals surface area contributed by atoms with Crippen molar-refractivity contribution in [3.05, 3.63) is 29.3 Å². The molecule has 0 unspecified atom stereocenters. The van der Waals surface area contributed by atoms with Crippen LogP contribution in [0.15, 0.2) is 18.2 Å². The molecule has 0 atom stereocenters. The van der Waals surface area contributed by atoms with Gasteiger partial charge in [-0.05, 0) is 49.9 Å². The number of carbonyl (C=O) groups excluding carboxylic acids is 1. The highest BCUT2D eigenvalue weighted by Crippen LogP contribution is 2.23. The Hall–Kier alpha value is -1.55. The molecule has 3 rings (SSSR count). The van der Waals surface area contributed by atoms with Crippen molar-refractivity contribution in [2.24, 2.45) is 0 Å². The zero-order chi connectivity index (χ0) is 16.2. The Labute approximate surface area is 139 Å². The Kier molecular flexibility index (Phi) is 5.21. The summed E-state index contributed by atoms with van der Waals surface area (Å²) < 4.78 is 0. The van der Waals surface area contributed by atoms with Crippen LogP contribution in [0.4, 0.5) is 10.5 Å². The Morgan fingerprint density at radius 2 is 1.70 bits per heavy atom. The molecule has 2 aliphatic rings. The lowest BCUT2D eigenvalue weighted by molar-refractivity contribution is 0.0943. The molecule has 0 aromatic heterocycles. The van der Waals surface area contributed by atoms with Crippen molar-refractivity contribution in [3.63, 3.8) is 0 Å². The first-order valence-electron chi connectivity index (χ1n) is 9.01. The molecule has 1 aliphatic heterocycles.